The van der Waals surface area contributed by atoms with E-state index in [-0.39, 0.29) is 11.8 Å². The van der Waals surface area contributed by atoms with Crippen molar-refractivity contribution in [3.63, 3.8) is 0 Å². The van der Waals surface area contributed by atoms with Gasteiger partial charge >= 0.3 is 0 Å². The van der Waals surface area contributed by atoms with Crippen LogP contribution in [0.1, 0.15) is 24.0 Å². The molecule has 0 aliphatic carbocycles. The normalized spacial score (nSPS) is 18.6. The molecule has 2 aromatic rings. The molecule has 142 valence electrons. The number of carbonyl (C=O) groups is 1. The number of amides is 1. The van der Waals surface area contributed by atoms with Crippen LogP contribution < -0.4 is 19.7 Å². The first-order valence-electron chi connectivity index (χ1n) is 9.64. The second-order valence-corrected chi connectivity index (χ2v) is 7.27. The number of benzene rings is 2. The van der Waals surface area contributed by atoms with E-state index in [4.69, 9.17) is 9.47 Å². The molecule has 0 radical (unpaired) electrons. The molecule has 0 bridgehead atoms. The predicted octanol–water partition coefficient (Wildman–Crippen LogP) is 3.16. The van der Waals surface area contributed by atoms with E-state index in [1.165, 1.54) is 18.5 Å². The quantitative estimate of drug-likeness (QED) is 0.883. The van der Waals surface area contributed by atoms with Crippen LogP contribution in [0, 0.1) is 5.92 Å². The SMILES string of the molecule is COc1ccc2c(c1)CC(C(=O)NCc1cccc(N3CCCC3)c1)CO2. The fraction of sp³-hybridized carbons (Fsp3) is 0.409. The smallest absolute Gasteiger partial charge is 0.227 e. The van der Waals surface area contributed by atoms with Crippen LogP contribution >= 0.6 is 0 Å². The molecule has 27 heavy (non-hydrogen) atoms. The molecule has 1 unspecified atom stereocenters. The summed E-state index contributed by atoms with van der Waals surface area (Å²) in [6, 6.07) is 14.2. The van der Waals surface area contributed by atoms with Gasteiger partial charge in [0.1, 0.15) is 18.1 Å². The summed E-state index contributed by atoms with van der Waals surface area (Å²) in [7, 11) is 1.64. The van der Waals surface area contributed by atoms with Crippen LogP contribution in [0.2, 0.25) is 0 Å². The average molecular weight is 366 g/mol. The van der Waals surface area contributed by atoms with Crippen LogP contribution in [-0.4, -0.2) is 32.7 Å². The minimum absolute atomic E-state index is 0.0371. The van der Waals surface area contributed by atoms with Gasteiger partial charge in [0.2, 0.25) is 5.91 Å². The van der Waals surface area contributed by atoms with Crippen LogP contribution in [0.3, 0.4) is 0 Å². The maximum absolute atomic E-state index is 12.6. The highest BCUT2D eigenvalue weighted by Crippen LogP contribution is 2.30. The summed E-state index contributed by atoms with van der Waals surface area (Å²) in [5, 5.41) is 3.08. The van der Waals surface area contributed by atoms with Gasteiger partial charge in [-0.2, -0.15) is 0 Å². The molecule has 0 aromatic heterocycles. The summed E-state index contributed by atoms with van der Waals surface area (Å²) >= 11 is 0. The first kappa shape index (κ1) is 17.7. The summed E-state index contributed by atoms with van der Waals surface area (Å²) in [5.74, 6) is 1.50. The number of fused-ring (bicyclic) bond motifs is 1. The Morgan fingerprint density at radius 3 is 2.89 bits per heavy atom. The van der Waals surface area contributed by atoms with Crippen molar-refractivity contribution in [1.82, 2.24) is 5.32 Å². The van der Waals surface area contributed by atoms with Gasteiger partial charge < -0.3 is 19.7 Å². The van der Waals surface area contributed by atoms with Crippen LogP contribution in [0.4, 0.5) is 5.69 Å². The molecule has 2 aliphatic rings. The van der Waals surface area contributed by atoms with E-state index in [0.29, 0.717) is 19.6 Å². The van der Waals surface area contributed by atoms with Crippen molar-refractivity contribution < 1.29 is 14.3 Å². The lowest BCUT2D eigenvalue weighted by Crippen LogP contribution is -2.37. The lowest BCUT2D eigenvalue weighted by molar-refractivity contribution is -0.126. The highest BCUT2D eigenvalue weighted by molar-refractivity contribution is 5.79. The second kappa shape index (κ2) is 7.91. The van der Waals surface area contributed by atoms with Crippen molar-refractivity contribution in [1.29, 1.82) is 0 Å². The summed E-state index contributed by atoms with van der Waals surface area (Å²) in [5.41, 5.74) is 3.41. The lowest BCUT2D eigenvalue weighted by Gasteiger charge is -2.25. The Balaban J connectivity index is 1.36. The van der Waals surface area contributed by atoms with Crippen molar-refractivity contribution in [3.8, 4) is 11.5 Å². The van der Waals surface area contributed by atoms with Gasteiger partial charge in [-0.1, -0.05) is 12.1 Å². The Bertz CT molecular complexity index is 815. The number of hydrogen-bond donors (Lipinski definition) is 1. The molecule has 4 rings (SSSR count). The molecule has 2 aliphatic heterocycles. The van der Waals surface area contributed by atoms with Gasteiger partial charge in [-0.25, -0.2) is 0 Å². The van der Waals surface area contributed by atoms with Gasteiger partial charge in [-0.05, 0) is 60.7 Å². The van der Waals surface area contributed by atoms with Gasteiger partial charge in [-0.3, -0.25) is 4.79 Å². The first-order valence-corrected chi connectivity index (χ1v) is 9.64. The zero-order valence-electron chi connectivity index (χ0n) is 15.7. The van der Waals surface area contributed by atoms with Crippen LogP contribution in [0.5, 0.6) is 11.5 Å². The largest absolute Gasteiger partial charge is 0.497 e. The number of carbonyl (C=O) groups excluding carboxylic acids is 1. The molecule has 2 aromatic carbocycles. The predicted molar refractivity (Wildman–Crippen MR) is 105 cm³/mol. The Labute approximate surface area is 160 Å². The Morgan fingerprint density at radius 1 is 1.22 bits per heavy atom. The number of hydrogen-bond acceptors (Lipinski definition) is 4. The monoisotopic (exact) mass is 366 g/mol. The van der Waals surface area contributed by atoms with Crippen LogP contribution in [0.25, 0.3) is 0 Å². The molecular formula is C22H26N2O3. The lowest BCUT2D eigenvalue weighted by atomic mass is 9.95. The van der Waals surface area contributed by atoms with E-state index in [0.717, 1.165) is 35.7 Å². The zero-order chi connectivity index (χ0) is 18.6. The minimum Gasteiger partial charge on any atom is -0.497 e. The van der Waals surface area contributed by atoms with Gasteiger partial charge in [0, 0.05) is 25.3 Å². The topological polar surface area (TPSA) is 50.8 Å². The molecule has 1 saturated heterocycles. The minimum atomic E-state index is -0.175. The molecule has 2 heterocycles. The average Bonchev–Trinajstić information content (AvgIpc) is 3.26. The maximum atomic E-state index is 12.6. The number of anilines is 1. The van der Waals surface area contributed by atoms with Gasteiger partial charge in [0.15, 0.2) is 0 Å². The van der Waals surface area contributed by atoms with Crippen molar-refractivity contribution in [3.05, 3.63) is 53.6 Å². The zero-order valence-corrected chi connectivity index (χ0v) is 15.7. The third-order valence-corrected chi connectivity index (χ3v) is 5.39. The summed E-state index contributed by atoms with van der Waals surface area (Å²) < 4.78 is 11.0. The Kier molecular flexibility index (Phi) is 5.19. The molecule has 5 heteroatoms. The van der Waals surface area contributed by atoms with E-state index < -0.39 is 0 Å². The Morgan fingerprint density at radius 2 is 2.07 bits per heavy atom. The van der Waals surface area contributed by atoms with Gasteiger partial charge in [0.05, 0.1) is 13.0 Å². The first-order chi connectivity index (χ1) is 13.2. The summed E-state index contributed by atoms with van der Waals surface area (Å²) in [4.78, 5) is 15.1. The molecule has 1 fully saturated rings. The summed E-state index contributed by atoms with van der Waals surface area (Å²) in [6.07, 6.45) is 3.19. The maximum Gasteiger partial charge on any atom is 0.227 e. The fourth-order valence-electron chi connectivity index (χ4n) is 3.84. The molecule has 0 spiro atoms. The van der Waals surface area contributed by atoms with Crippen molar-refractivity contribution in [2.75, 3.05) is 31.7 Å². The number of ether oxygens (including phenoxy) is 2. The van der Waals surface area contributed by atoms with E-state index in [2.05, 4.69) is 34.5 Å². The van der Waals surface area contributed by atoms with Crippen molar-refractivity contribution >= 4 is 11.6 Å². The number of nitrogens with one attached hydrogen (secondary N) is 1. The van der Waals surface area contributed by atoms with Gasteiger partial charge in [-0.15, -0.1) is 0 Å². The van der Waals surface area contributed by atoms with Crippen LogP contribution in [-0.2, 0) is 17.8 Å². The fourth-order valence-corrected chi connectivity index (χ4v) is 3.84. The third kappa shape index (κ3) is 4.02. The highest BCUT2D eigenvalue weighted by Gasteiger charge is 2.26. The van der Waals surface area contributed by atoms with E-state index in [1.54, 1.807) is 7.11 Å². The molecule has 1 N–H and O–H groups in total. The number of rotatable bonds is 5. The Hall–Kier alpha value is -2.69. The molecule has 1 amide bonds. The number of methoxy groups -OCH3 is 1. The number of nitrogens with zero attached hydrogens (tertiary/aromatic N) is 1. The van der Waals surface area contributed by atoms with Crippen LogP contribution in [0.15, 0.2) is 42.5 Å². The second-order valence-electron chi connectivity index (χ2n) is 7.27. The van der Waals surface area contributed by atoms with E-state index in [1.807, 2.05) is 18.2 Å². The van der Waals surface area contributed by atoms with Crippen molar-refractivity contribution in [2.24, 2.45) is 5.92 Å². The molecule has 1 atom stereocenters. The van der Waals surface area contributed by atoms with E-state index >= 15 is 0 Å². The molecular weight excluding hydrogens is 340 g/mol. The molecule has 0 saturated carbocycles. The third-order valence-electron chi connectivity index (χ3n) is 5.39. The molecule has 5 nitrogen and oxygen atoms in total. The highest BCUT2D eigenvalue weighted by atomic mass is 16.5. The standard InChI is InChI=1S/C22H26N2O3/c1-26-20-7-8-21-17(13-20)12-18(15-27-21)22(25)23-14-16-5-4-6-19(11-16)24-9-2-3-10-24/h4-8,11,13,18H,2-3,9-10,12,14-15H2,1H3,(H,23,25). The summed E-state index contributed by atoms with van der Waals surface area (Å²) in [6.45, 7) is 3.21. The van der Waals surface area contributed by atoms with Gasteiger partial charge in [0.25, 0.3) is 0 Å². The van der Waals surface area contributed by atoms with E-state index in [9.17, 15) is 4.79 Å². The van der Waals surface area contributed by atoms with Crippen molar-refractivity contribution in [2.45, 2.75) is 25.8 Å².